The Bertz CT molecular complexity index is 761. The van der Waals surface area contributed by atoms with Crippen LogP contribution in [0.4, 0.5) is 22.4 Å². The molecule has 1 aliphatic rings. The molecule has 2 unspecified atom stereocenters. The van der Waals surface area contributed by atoms with Gasteiger partial charge in [0.25, 0.3) is 0 Å². The molecule has 2 aromatic rings. The Morgan fingerprint density at radius 1 is 1.12 bits per heavy atom. The number of amides is 1. The molecular weight excluding hydrogens is 342 g/mol. The number of carbonyl (C=O) groups is 1. The van der Waals surface area contributed by atoms with Gasteiger partial charge in [-0.05, 0) is 41.8 Å². The molecule has 2 atom stereocenters. The summed E-state index contributed by atoms with van der Waals surface area (Å²) in [5.74, 6) is -0.761. The SMILES string of the molecule is O=C1NC(Cc2cccc(OC(F)(F)F)c2)C(c2ccc(F)cc2)O1. The van der Waals surface area contributed by atoms with Gasteiger partial charge in [0, 0.05) is 0 Å². The molecule has 1 N–H and O–H groups in total. The predicted molar refractivity (Wildman–Crippen MR) is 79.4 cm³/mol. The van der Waals surface area contributed by atoms with E-state index in [2.05, 4.69) is 10.1 Å². The van der Waals surface area contributed by atoms with Crippen molar-refractivity contribution in [1.82, 2.24) is 5.32 Å². The molecule has 132 valence electrons. The Morgan fingerprint density at radius 3 is 2.52 bits per heavy atom. The number of rotatable bonds is 4. The molecule has 1 fully saturated rings. The van der Waals surface area contributed by atoms with Crippen molar-refractivity contribution in [3.63, 3.8) is 0 Å². The molecule has 8 heteroatoms. The monoisotopic (exact) mass is 355 g/mol. The van der Waals surface area contributed by atoms with Gasteiger partial charge in [-0.1, -0.05) is 24.3 Å². The maximum absolute atomic E-state index is 13.0. The molecule has 25 heavy (non-hydrogen) atoms. The highest BCUT2D eigenvalue weighted by atomic mass is 19.4. The van der Waals surface area contributed by atoms with Gasteiger partial charge in [0.05, 0.1) is 6.04 Å². The molecule has 1 heterocycles. The highest BCUT2D eigenvalue weighted by Crippen LogP contribution is 2.30. The molecule has 0 aromatic heterocycles. The second kappa shape index (κ2) is 6.62. The van der Waals surface area contributed by atoms with E-state index in [4.69, 9.17) is 4.74 Å². The summed E-state index contributed by atoms with van der Waals surface area (Å²) in [7, 11) is 0. The van der Waals surface area contributed by atoms with Crippen LogP contribution in [0.15, 0.2) is 48.5 Å². The number of ether oxygens (including phenoxy) is 2. The van der Waals surface area contributed by atoms with Crippen LogP contribution >= 0.6 is 0 Å². The van der Waals surface area contributed by atoms with Crippen LogP contribution in [0.5, 0.6) is 5.75 Å². The molecular formula is C17H13F4NO3. The summed E-state index contributed by atoms with van der Waals surface area (Å²) in [6.07, 6.45) is -5.86. The topological polar surface area (TPSA) is 47.6 Å². The Morgan fingerprint density at radius 2 is 1.84 bits per heavy atom. The van der Waals surface area contributed by atoms with E-state index < -0.39 is 30.4 Å². The molecule has 0 spiro atoms. The first-order valence-corrected chi connectivity index (χ1v) is 7.37. The van der Waals surface area contributed by atoms with E-state index in [1.807, 2.05) is 0 Å². The number of carbonyl (C=O) groups excluding carboxylic acids is 1. The van der Waals surface area contributed by atoms with Gasteiger partial charge in [0.2, 0.25) is 0 Å². The summed E-state index contributed by atoms with van der Waals surface area (Å²) in [5, 5.41) is 2.62. The van der Waals surface area contributed by atoms with Crippen LogP contribution in [0.3, 0.4) is 0 Å². The normalized spacial score (nSPS) is 20.1. The lowest BCUT2D eigenvalue weighted by Crippen LogP contribution is -2.30. The Hall–Kier alpha value is -2.77. The largest absolute Gasteiger partial charge is 0.573 e. The minimum atomic E-state index is -4.78. The Balaban J connectivity index is 1.77. The molecule has 3 rings (SSSR count). The maximum atomic E-state index is 13.0. The van der Waals surface area contributed by atoms with Crippen LogP contribution in [0.1, 0.15) is 17.2 Å². The predicted octanol–water partition coefficient (Wildman–Crippen LogP) is 4.12. The summed E-state index contributed by atoms with van der Waals surface area (Å²) < 4.78 is 59.1. The first-order chi connectivity index (χ1) is 11.8. The average Bonchev–Trinajstić information content (AvgIpc) is 2.87. The lowest BCUT2D eigenvalue weighted by molar-refractivity contribution is -0.274. The van der Waals surface area contributed by atoms with Gasteiger partial charge in [-0.3, -0.25) is 0 Å². The maximum Gasteiger partial charge on any atom is 0.573 e. The van der Waals surface area contributed by atoms with Crippen LogP contribution in [-0.4, -0.2) is 18.5 Å². The summed E-state index contributed by atoms with van der Waals surface area (Å²) >= 11 is 0. The Labute approximate surface area is 140 Å². The third-order valence-corrected chi connectivity index (χ3v) is 3.69. The highest BCUT2D eigenvalue weighted by molar-refractivity contribution is 5.70. The van der Waals surface area contributed by atoms with Crippen molar-refractivity contribution in [3.8, 4) is 5.75 Å². The molecule has 4 nitrogen and oxygen atoms in total. The van der Waals surface area contributed by atoms with Crippen LogP contribution in [0.25, 0.3) is 0 Å². The van der Waals surface area contributed by atoms with Crippen LogP contribution < -0.4 is 10.1 Å². The summed E-state index contributed by atoms with van der Waals surface area (Å²) in [6, 6.07) is 10.5. The van der Waals surface area contributed by atoms with E-state index in [1.54, 1.807) is 6.07 Å². The number of cyclic esters (lactones) is 1. The average molecular weight is 355 g/mol. The minimum absolute atomic E-state index is 0.225. The zero-order chi connectivity index (χ0) is 18.0. The van der Waals surface area contributed by atoms with Gasteiger partial charge in [-0.25, -0.2) is 9.18 Å². The molecule has 2 aromatic carbocycles. The van der Waals surface area contributed by atoms with Gasteiger partial charge in [-0.15, -0.1) is 13.2 Å². The van der Waals surface area contributed by atoms with Gasteiger partial charge < -0.3 is 14.8 Å². The third-order valence-electron chi connectivity index (χ3n) is 3.69. The van der Waals surface area contributed by atoms with Crippen molar-refractivity contribution < 1.29 is 31.8 Å². The fourth-order valence-electron chi connectivity index (χ4n) is 2.69. The molecule has 1 amide bonds. The molecule has 1 saturated heterocycles. The first-order valence-electron chi connectivity index (χ1n) is 7.37. The van der Waals surface area contributed by atoms with Gasteiger partial charge in [-0.2, -0.15) is 0 Å². The summed E-state index contributed by atoms with van der Waals surface area (Å²) in [5.41, 5.74) is 1.12. The number of nitrogens with one attached hydrogen (secondary N) is 1. The van der Waals surface area contributed by atoms with Crippen LogP contribution in [0.2, 0.25) is 0 Å². The minimum Gasteiger partial charge on any atom is -0.439 e. The first kappa shape index (κ1) is 17.1. The summed E-state index contributed by atoms with van der Waals surface area (Å²) in [4.78, 5) is 11.6. The van der Waals surface area contributed by atoms with E-state index in [-0.39, 0.29) is 12.2 Å². The van der Waals surface area contributed by atoms with E-state index in [1.165, 1.54) is 42.5 Å². The van der Waals surface area contributed by atoms with Crippen molar-refractivity contribution in [2.24, 2.45) is 0 Å². The number of benzene rings is 2. The number of halogens is 4. The third kappa shape index (κ3) is 4.40. The fourth-order valence-corrected chi connectivity index (χ4v) is 2.69. The molecule has 0 aliphatic carbocycles. The fraction of sp³-hybridized carbons (Fsp3) is 0.235. The highest BCUT2D eigenvalue weighted by Gasteiger charge is 2.35. The second-order valence-electron chi connectivity index (χ2n) is 5.53. The van der Waals surface area contributed by atoms with Gasteiger partial charge >= 0.3 is 12.5 Å². The van der Waals surface area contributed by atoms with Crippen molar-refractivity contribution in [2.75, 3.05) is 0 Å². The quantitative estimate of drug-likeness (QED) is 0.840. The van der Waals surface area contributed by atoms with Crippen molar-refractivity contribution in [3.05, 3.63) is 65.5 Å². The second-order valence-corrected chi connectivity index (χ2v) is 5.53. The molecule has 0 bridgehead atoms. The number of alkyl halides is 3. The standard InChI is InChI=1S/C17H13F4NO3/c18-12-6-4-11(5-7-12)15-14(22-16(23)24-15)9-10-2-1-3-13(8-10)25-17(19,20)21/h1-8,14-15H,9H2,(H,22,23). The van der Waals surface area contributed by atoms with E-state index >= 15 is 0 Å². The summed E-state index contributed by atoms with van der Waals surface area (Å²) in [6.45, 7) is 0. The number of alkyl carbamates (subject to hydrolysis) is 1. The van der Waals surface area contributed by atoms with Gasteiger partial charge in [0.1, 0.15) is 17.7 Å². The van der Waals surface area contributed by atoms with Crippen LogP contribution in [0, 0.1) is 5.82 Å². The van der Waals surface area contributed by atoms with E-state index in [0.29, 0.717) is 11.1 Å². The molecule has 0 radical (unpaired) electrons. The number of hydrogen-bond acceptors (Lipinski definition) is 3. The van der Waals surface area contributed by atoms with Crippen molar-refractivity contribution >= 4 is 6.09 Å². The molecule has 0 saturated carbocycles. The van der Waals surface area contributed by atoms with Gasteiger partial charge in [0.15, 0.2) is 0 Å². The van der Waals surface area contributed by atoms with Crippen LogP contribution in [-0.2, 0) is 11.2 Å². The Kier molecular flexibility index (Phi) is 4.52. The lowest BCUT2D eigenvalue weighted by atomic mass is 9.97. The zero-order valence-corrected chi connectivity index (χ0v) is 12.7. The molecule has 1 aliphatic heterocycles. The smallest absolute Gasteiger partial charge is 0.439 e. The van der Waals surface area contributed by atoms with E-state index in [0.717, 1.165) is 0 Å². The lowest BCUT2D eigenvalue weighted by Gasteiger charge is -2.18. The zero-order valence-electron chi connectivity index (χ0n) is 12.7. The van der Waals surface area contributed by atoms with E-state index in [9.17, 15) is 22.4 Å². The number of hydrogen-bond donors (Lipinski definition) is 1. The van der Waals surface area contributed by atoms with Crippen molar-refractivity contribution in [2.45, 2.75) is 24.9 Å². The van der Waals surface area contributed by atoms with Crippen molar-refractivity contribution in [1.29, 1.82) is 0 Å².